The summed E-state index contributed by atoms with van der Waals surface area (Å²) in [7, 11) is 4.18. The van der Waals surface area contributed by atoms with E-state index in [1.807, 2.05) is 4.90 Å². The number of likely N-dealkylation sites (N-methyl/N-ethyl adjacent to an activating group) is 1. The molecule has 2 atom stereocenters. The average molecular weight is 270 g/mol. The van der Waals surface area contributed by atoms with Gasteiger partial charge in [0, 0.05) is 39.3 Å². The summed E-state index contributed by atoms with van der Waals surface area (Å²) in [5, 5.41) is 0. The van der Waals surface area contributed by atoms with Crippen molar-refractivity contribution in [2.24, 2.45) is 11.7 Å². The smallest absolute Gasteiger partial charge is 0.239 e. The van der Waals surface area contributed by atoms with Crippen LogP contribution in [0.2, 0.25) is 0 Å². The predicted molar refractivity (Wildman–Crippen MR) is 79.0 cm³/mol. The van der Waals surface area contributed by atoms with Crippen LogP contribution in [0.1, 0.15) is 20.3 Å². The maximum Gasteiger partial charge on any atom is 0.239 e. The second kappa shape index (κ2) is 7.82. The third kappa shape index (κ3) is 5.09. The first-order valence-electron chi connectivity index (χ1n) is 7.37. The van der Waals surface area contributed by atoms with Gasteiger partial charge in [-0.05, 0) is 20.0 Å². The lowest BCUT2D eigenvalue weighted by molar-refractivity contribution is -0.135. The molecule has 0 spiro atoms. The normalized spacial score (nSPS) is 20.6. The summed E-state index contributed by atoms with van der Waals surface area (Å²) in [5.74, 6) is 0.390. The van der Waals surface area contributed by atoms with Crippen LogP contribution in [0.5, 0.6) is 0 Å². The summed E-state index contributed by atoms with van der Waals surface area (Å²) in [6.07, 6.45) is 0.954. The molecule has 1 heterocycles. The van der Waals surface area contributed by atoms with E-state index < -0.39 is 0 Å². The molecule has 112 valence electrons. The van der Waals surface area contributed by atoms with Gasteiger partial charge in [0.15, 0.2) is 0 Å². The van der Waals surface area contributed by atoms with Crippen LogP contribution in [-0.4, -0.2) is 80.0 Å². The van der Waals surface area contributed by atoms with Crippen molar-refractivity contribution in [1.29, 1.82) is 0 Å². The van der Waals surface area contributed by atoms with Crippen molar-refractivity contribution in [3.63, 3.8) is 0 Å². The highest BCUT2D eigenvalue weighted by Gasteiger charge is 2.27. The number of hydrogen-bond donors (Lipinski definition) is 1. The minimum absolute atomic E-state index is 0.126. The largest absolute Gasteiger partial charge is 0.339 e. The number of hydrogen-bond acceptors (Lipinski definition) is 4. The van der Waals surface area contributed by atoms with Gasteiger partial charge in [-0.2, -0.15) is 0 Å². The molecule has 5 heteroatoms. The molecule has 2 unspecified atom stereocenters. The molecule has 0 aliphatic carbocycles. The summed E-state index contributed by atoms with van der Waals surface area (Å²) < 4.78 is 0. The molecule has 2 N–H and O–H groups in total. The number of carbonyl (C=O) groups is 1. The lowest BCUT2D eigenvalue weighted by Crippen LogP contribution is -2.55. The van der Waals surface area contributed by atoms with Gasteiger partial charge < -0.3 is 15.5 Å². The Balaban J connectivity index is 2.35. The topological polar surface area (TPSA) is 52.8 Å². The Labute approximate surface area is 117 Å². The van der Waals surface area contributed by atoms with E-state index >= 15 is 0 Å². The third-order valence-corrected chi connectivity index (χ3v) is 4.09. The molecule has 0 aromatic heterocycles. The first-order chi connectivity index (χ1) is 8.95. The van der Waals surface area contributed by atoms with Crippen molar-refractivity contribution >= 4 is 5.91 Å². The lowest BCUT2D eigenvalue weighted by atomic mass is 9.98. The van der Waals surface area contributed by atoms with Crippen molar-refractivity contribution in [2.75, 3.05) is 53.4 Å². The van der Waals surface area contributed by atoms with Crippen LogP contribution in [0.3, 0.4) is 0 Å². The van der Waals surface area contributed by atoms with Gasteiger partial charge in [-0.15, -0.1) is 0 Å². The van der Waals surface area contributed by atoms with Crippen LogP contribution in [0.4, 0.5) is 0 Å². The molecule has 1 aliphatic rings. The van der Waals surface area contributed by atoms with E-state index in [0.29, 0.717) is 0 Å². The number of nitrogens with two attached hydrogens (primary N) is 1. The molecular weight excluding hydrogens is 240 g/mol. The summed E-state index contributed by atoms with van der Waals surface area (Å²) in [6.45, 7) is 9.84. The Morgan fingerprint density at radius 2 is 1.84 bits per heavy atom. The highest BCUT2D eigenvalue weighted by molar-refractivity contribution is 5.82. The molecule has 0 aromatic rings. The van der Waals surface area contributed by atoms with Gasteiger partial charge in [0.05, 0.1) is 6.04 Å². The quantitative estimate of drug-likeness (QED) is 0.742. The Hall–Kier alpha value is -0.650. The molecule has 0 saturated carbocycles. The molecule has 0 bridgehead atoms. The van der Waals surface area contributed by atoms with Crippen LogP contribution in [0.15, 0.2) is 0 Å². The number of piperazine rings is 1. The summed E-state index contributed by atoms with van der Waals surface area (Å²) in [5.41, 5.74) is 6.02. The zero-order valence-corrected chi connectivity index (χ0v) is 12.9. The van der Waals surface area contributed by atoms with Gasteiger partial charge in [-0.3, -0.25) is 9.69 Å². The van der Waals surface area contributed by atoms with Crippen molar-refractivity contribution in [3.8, 4) is 0 Å². The van der Waals surface area contributed by atoms with Gasteiger partial charge in [0.2, 0.25) is 5.91 Å². The van der Waals surface area contributed by atoms with E-state index in [-0.39, 0.29) is 17.9 Å². The van der Waals surface area contributed by atoms with Crippen molar-refractivity contribution in [3.05, 3.63) is 0 Å². The molecule has 0 radical (unpaired) electrons. The second-order valence-corrected chi connectivity index (χ2v) is 5.88. The van der Waals surface area contributed by atoms with E-state index in [1.165, 1.54) is 0 Å². The molecule has 19 heavy (non-hydrogen) atoms. The van der Waals surface area contributed by atoms with Gasteiger partial charge >= 0.3 is 0 Å². The Morgan fingerprint density at radius 1 is 1.26 bits per heavy atom. The minimum atomic E-state index is -0.335. The maximum absolute atomic E-state index is 12.2. The van der Waals surface area contributed by atoms with Gasteiger partial charge in [0.25, 0.3) is 0 Å². The van der Waals surface area contributed by atoms with Crippen LogP contribution in [-0.2, 0) is 4.79 Å². The van der Waals surface area contributed by atoms with E-state index in [1.54, 1.807) is 0 Å². The summed E-state index contributed by atoms with van der Waals surface area (Å²) in [6, 6.07) is -0.335. The molecule has 1 amide bonds. The van der Waals surface area contributed by atoms with Crippen LogP contribution >= 0.6 is 0 Å². The molecule has 1 fully saturated rings. The molecule has 5 nitrogen and oxygen atoms in total. The number of amides is 1. The molecule has 0 aromatic carbocycles. The zero-order chi connectivity index (χ0) is 14.4. The van der Waals surface area contributed by atoms with E-state index in [9.17, 15) is 4.79 Å². The molecule has 1 rings (SSSR count). The first kappa shape index (κ1) is 16.4. The highest BCUT2D eigenvalue weighted by Crippen LogP contribution is 2.10. The summed E-state index contributed by atoms with van der Waals surface area (Å²) >= 11 is 0. The fraction of sp³-hybridized carbons (Fsp3) is 0.929. The van der Waals surface area contributed by atoms with Crippen molar-refractivity contribution in [1.82, 2.24) is 14.7 Å². The third-order valence-electron chi connectivity index (χ3n) is 4.09. The van der Waals surface area contributed by atoms with Gasteiger partial charge in [-0.1, -0.05) is 20.3 Å². The van der Waals surface area contributed by atoms with Crippen LogP contribution in [0.25, 0.3) is 0 Å². The summed E-state index contributed by atoms with van der Waals surface area (Å²) in [4.78, 5) is 18.8. The fourth-order valence-electron chi connectivity index (χ4n) is 2.24. The molecule has 1 aliphatic heterocycles. The monoisotopic (exact) mass is 270 g/mol. The zero-order valence-electron chi connectivity index (χ0n) is 12.9. The van der Waals surface area contributed by atoms with E-state index in [2.05, 4.69) is 37.7 Å². The first-order valence-corrected chi connectivity index (χ1v) is 7.37. The minimum Gasteiger partial charge on any atom is -0.339 e. The molecule has 1 saturated heterocycles. The average Bonchev–Trinajstić information content (AvgIpc) is 2.43. The SMILES string of the molecule is CCC(C)C(N)C(=O)N1CCN(CCN(C)C)CC1. The number of carbonyl (C=O) groups excluding carboxylic acids is 1. The van der Waals surface area contributed by atoms with E-state index in [0.717, 1.165) is 45.7 Å². The second-order valence-electron chi connectivity index (χ2n) is 5.88. The lowest BCUT2D eigenvalue weighted by Gasteiger charge is -2.37. The number of rotatable bonds is 6. The van der Waals surface area contributed by atoms with Gasteiger partial charge in [-0.25, -0.2) is 0 Å². The van der Waals surface area contributed by atoms with Crippen LogP contribution in [0, 0.1) is 5.92 Å². The van der Waals surface area contributed by atoms with E-state index in [4.69, 9.17) is 5.73 Å². The predicted octanol–water partition coefficient (Wildman–Crippen LogP) is 0.0656. The standard InChI is InChI=1S/C14H30N4O/c1-5-12(2)13(15)14(19)18-10-8-17(9-11-18)7-6-16(3)4/h12-13H,5-11,15H2,1-4H3. The number of nitrogens with zero attached hydrogens (tertiary/aromatic N) is 3. The highest BCUT2D eigenvalue weighted by atomic mass is 16.2. The van der Waals surface area contributed by atoms with Crippen molar-refractivity contribution in [2.45, 2.75) is 26.3 Å². The molecular formula is C14H30N4O. The van der Waals surface area contributed by atoms with Gasteiger partial charge in [0.1, 0.15) is 0 Å². The van der Waals surface area contributed by atoms with Crippen LogP contribution < -0.4 is 5.73 Å². The Kier molecular flexibility index (Phi) is 6.75. The maximum atomic E-state index is 12.2. The van der Waals surface area contributed by atoms with Crippen molar-refractivity contribution < 1.29 is 4.79 Å². The fourth-order valence-corrected chi connectivity index (χ4v) is 2.24. The Bertz CT molecular complexity index is 275. The Morgan fingerprint density at radius 3 is 2.32 bits per heavy atom.